The molecule has 1 fully saturated rings. The van der Waals surface area contributed by atoms with Crippen LogP contribution in [0.5, 0.6) is 0 Å². The van der Waals surface area contributed by atoms with Gasteiger partial charge in [0.25, 0.3) is 0 Å². The summed E-state index contributed by atoms with van der Waals surface area (Å²) in [6, 6.07) is 2.39. The van der Waals surface area contributed by atoms with E-state index in [0.29, 0.717) is 0 Å². The number of aliphatic hydroxyl groups is 1. The Balaban J connectivity index is 2.45. The summed E-state index contributed by atoms with van der Waals surface area (Å²) in [7, 11) is 0. The van der Waals surface area contributed by atoms with Gasteiger partial charge in [0.1, 0.15) is 0 Å². The van der Waals surface area contributed by atoms with Crippen LogP contribution in [-0.2, 0) is 0 Å². The Hall–Kier alpha value is -0.200. The monoisotopic (exact) mass is 227 g/mol. The van der Waals surface area contributed by atoms with Crippen LogP contribution in [0.1, 0.15) is 44.9 Å². The molecule has 1 unspecified atom stereocenters. The van der Waals surface area contributed by atoms with Crippen LogP contribution in [0.2, 0.25) is 0 Å². The Morgan fingerprint density at radius 2 is 2.07 bits per heavy atom. The summed E-state index contributed by atoms with van der Waals surface area (Å²) in [6.45, 7) is 0. The quantitative estimate of drug-likeness (QED) is 0.734. The van der Waals surface area contributed by atoms with Gasteiger partial charge in [-0.2, -0.15) is 17.0 Å². The molecule has 3 heteroatoms. The zero-order valence-corrected chi connectivity index (χ0v) is 10.4. The highest BCUT2D eigenvalue weighted by molar-refractivity contribution is 7.98. The predicted octanol–water partition coefficient (Wildman–Crippen LogP) is 2.96. The number of hydrogen-bond donors (Lipinski definition) is 1. The molecule has 0 aromatic heterocycles. The summed E-state index contributed by atoms with van der Waals surface area (Å²) >= 11 is 1.80. The Bertz CT molecular complexity index is 218. The minimum Gasteiger partial charge on any atom is -0.391 e. The highest BCUT2D eigenvalue weighted by Gasteiger charge is 2.38. The van der Waals surface area contributed by atoms with Crippen LogP contribution in [0.4, 0.5) is 0 Å². The molecule has 0 saturated heterocycles. The molecular formula is C12H21NOS. The summed E-state index contributed by atoms with van der Waals surface area (Å²) < 4.78 is 0. The third-order valence-corrected chi connectivity index (χ3v) is 4.13. The number of rotatable bonds is 5. The third-order valence-electron chi connectivity index (χ3n) is 3.43. The minimum absolute atomic E-state index is 0.407. The lowest BCUT2D eigenvalue weighted by molar-refractivity contribution is 0.0306. The van der Waals surface area contributed by atoms with E-state index in [2.05, 4.69) is 12.3 Å². The van der Waals surface area contributed by atoms with Gasteiger partial charge in [-0.05, 0) is 37.7 Å². The molecule has 1 rings (SSSR count). The molecule has 0 bridgehead atoms. The SMILES string of the molecule is CSCCCC(O)C1(C#N)CCCCC1. The van der Waals surface area contributed by atoms with E-state index in [1.807, 2.05) is 0 Å². The first kappa shape index (κ1) is 12.9. The molecular weight excluding hydrogens is 206 g/mol. The second-order valence-electron chi connectivity index (χ2n) is 4.48. The van der Waals surface area contributed by atoms with Crippen molar-refractivity contribution in [2.75, 3.05) is 12.0 Å². The fourth-order valence-corrected chi connectivity index (χ4v) is 2.85. The normalized spacial score (nSPS) is 21.9. The van der Waals surface area contributed by atoms with Gasteiger partial charge in [0.05, 0.1) is 17.6 Å². The van der Waals surface area contributed by atoms with Crippen molar-refractivity contribution in [2.24, 2.45) is 5.41 Å². The molecule has 1 aliphatic rings. The largest absolute Gasteiger partial charge is 0.391 e. The van der Waals surface area contributed by atoms with E-state index >= 15 is 0 Å². The molecule has 86 valence electrons. The number of thioether (sulfide) groups is 1. The maximum absolute atomic E-state index is 10.1. The van der Waals surface area contributed by atoms with Gasteiger partial charge in [-0.1, -0.05) is 19.3 Å². The van der Waals surface area contributed by atoms with Crippen molar-refractivity contribution in [2.45, 2.75) is 51.0 Å². The van der Waals surface area contributed by atoms with Crippen LogP contribution in [0, 0.1) is 16.7 Å². The molecule has 1 saturated carbocycles. The molecule has 0 spiro atoms. The second-order valence-corrected chi connectivity index (χ2v) is 5.47. The van der Waals surface area contributed by atoms with Gasteiger partial charge in [0, 0.05) is 0 Å². The van der Waals surface area contributed by atoms with E-state index in [1.165, 1.54) is 6.42 Å². The van der Waals surface area contributed by atoms with Gasteiger partial charge in [-0.25, -0.2) is 0 Å². The van der Waals surface area contributed by atoms with E-state index in [4.69, 9.17) is 0 Å². The van der Waals surface area contributed by atoms with Crippen molar-refractivity contribution in [3.63, 3.8) is 0 Å². The van der Waals surface area contributed by atoms with Crippen molar-refractivity contribution < 1.29 is 5.11 Å². The Labute approximate surface area is 97.1 Å². The molecule has 0 aliphatic heterocycles. The van der Waals surface area contributed by atoms with Crippen LogP contribution in [0.15, 0.2) is 0 Å². The van der Waals surface area contributed by atoms with E-state index in [0.717, 1.165) is 44.3 Å². The van der Waals surface area contributed by atoms with Crippen LogP contribution < -0.4 is 0 Å². The molecule has 1 aliphatic carbocycles. The topological polar surface area (TPSA) is 44.0 Å². The zero-order chi connectivity index (χ0) is 11.1. The number of nitrogens with zero attached hydrogens (tertiary/aromatic N) is 1. The first-order chi connectivity index (χ1) is 7.25. The fourth-order valence-electron chi connectivity index (χ4n) is 2.40. The van der Waals surface area contributed by atoms with Gasteiger partial charge >= 0.3 is 0 Å². The predicted molar refractivity (Wildman–Crippen MR) is 64.8 cm³/mol. The van der Waals surface area contributed by atoms with Gasteiger partial charge in [-0.3, -0.25) is 0 Å². The van der Waals surface area contributed by atoms with E-state index in [9.17, 15) is 10.4 Å². The third kappa shape index (κ3) is 3.39. The van der Waals surface area contributed by atoms with Crippen LogP contribution in [0.3, 0.4) is 0 Å². The Morgan fingerprint density at radius 3 is 2.60 bits per heavy atom. The van der Waals surface area contributed by atoms with Crippen molar-refractivity contribution in [3.8, 4) is 6.07 Å². The minimum atomic E-state index is -0.420. The van der Waals surface area contributed by atoms with Gasteiger partial charge < -0.3 is 5.11 Å². The summed E-state index contributed by atoms with van der Waals surface area (Å²) in [5.74, 6) is 1.08. The molecule has 0 amide bonds. The van der Waals surface area contributed by atoms with Gasteiger partial charge in [-0.15, -0.1) is 0 Å². The van der Waals surface area contributed by atoms with Gasteiger partial charge in [0.15, 0.2) is 0 Å². The highest BCUT2D eigenvalue weighted by Crippen LogP contribution is 2.40. The molecule has 0 aromatic carbocycles. The Kier molecular flexibility index (Phi) is 5.49. The summed E-state index contributed by atoms with van der Waals surface area (Å²) in [4.78, 5) is 0. The lowest BCUT2D eigenvalue weighted by Crippen LogP contribution is -2.36. The lowest BCUT2D eigenvalue weighted by atomic mass is 9.70. The smallest absolute Gasteiger partial charge is 0.0832 e. The summed E-state index contributed by atoms with van der Waals surface area (Å²) in [6.07, 6.45) is 8.69. The van der Waals surface area contributed by atoms with Crippen molar-refractivity contribution in [3.05, 3.63) is 0 Å². The van der Waals surface area contributed by atoms with E-state index in [1.54, 1.807) is 11.8 Å². The average Bonchev–Trinajstić information content (AvgIpc) is 2.30. The zero-order valence-electron chi connectivity index (χ0n) is 9.54. The standard InChI is InChI=1S/C12H21NOS/c1-15-9-5-6-11(14)12(10-13)7-3-2-4-8-12/h11,14H,2-9H2,1H3. The van der Waals surface area contributed by atoms with Crippen molar-refractivity contribution >= 4 is 11.8 Å². The average molecular weight is 227 g/mol. The van der Waals surface area contributed by atoms with Crippen molar-refractivity contribution in [1.82, 2.24) is 0 Å². The first-order valence-electron chi connectivity index (χ1n) is 5.83. The fraction of sp³-hybridized carbons (Fsp3) is 0.917. The highest BCUT2D eigenvalue weighted by atomic mass is 32.2. The van der Waals surface area contributed by atoms with Crippen LogP contribution >= 0.6 is 11.8 Å². The molecule has 1 N–H and O–H groups in total. The van der Waals surface area contributed by atoms with E-state index in [-0.39, 0.29) is 0 Å². The van der Waals surface area contributed by atoms with Gasteiger partial charge in [0.2, 0.25) is 0 Å². The molecule has 15 heavy (non-hydrogen) atoms. The van der Waals surface area contributed by atoms with Crippen LogP contribution in [0.25, 0.3) is 0 Å². The molecule has 2 nitrogen and oxygen atoms in total. The second kappa shape index (κ2) is 6.40. The van der Waals surface area contributed by atoms with E-state index < -0.39 is 11.5 Å². The first-order valence-corrected chi connectivity index (χ1v) is 7.23. The maximum Gasteiger partial charge on any atom is 0.0832 e. The molecule has 1 atom stereocenters. The number of aliphatic hydroxyl groups excluding tert-OH is 1. The maximum atomic E-state index is 10.1. The molecule has 0 heterocycles. The number of hydrogen-bond acceptors (Lipinski definition) is 3. The lowest BCUT2D eigenvalue weighted by Gasteiger charge is -2.35. The van der Waals surface area contributed by atoms with Crippen LogP contribution in [-0.4, -0.2) is 23.2 Å². The Morgan fingerprint density at radius 1 is 1.40 bits per heavy atom. The summed E-state index contributed by atoms with van der Waals surface area (Å²) in [5, 5.41) is 19.4. The van der Waals surface area contributed by atoms with Crippen molar-refractivity contribution in [1.29, 1.82) is 5.26 Å². The molecule has 0 aromatic rings. The molecule has 0 radical (unpaired) electrons. The number of nitriles is 1. The summed E-state index contributed by atoms with van der Waals surface area (Å²) in [5.41, 5.74) is -0.420.